The smallest absolute Gasteiger partial charge is 0.246 e. The zero-order valence-corrected chi connectivity index (χ0v) is 11.4. The Balaban J connectivity index is 2.27. The first-order valence-corrected chi connectivity index (χ1v) is 7.57. The van der Waals surface area contributed by atoms with Gasteiger partial charge in [0.15, 0.2) is 0 Å². The summed E-state index contributed by atoms with van der Waals surface area (Å²) in [5, 5.41) is 15.9. The molecule has 0 aliphatic carbocycles. The zero-order chi connectivity index (χ0) is 13.3. The average Bonchev–Trinajstić information content (AvgIpc) is 2.86. The van der Waals surface area contributed by atoms with E-state index in [1.165, 1.54) is 10.5 Å². The first-order valence-electron chi connectivity index (χ1n) is 6.13. The molecule has 2 atom stereocenters. The van der Waals surface area contributed by atoms with Gasteiger partial charge in [0, 0.05) is 12.6 Å². The Morgan fingerprint density at radius 1 is 1.67 bits per heavy atom. The molecule has 102 valence electrons. The summed E-state index contributed by atoms with van der Waals surface area (Å²) in [7, 11) is -3.49. The van der Waals surface area contributed by atoms with Crippen LogP contribution in [0.3, 0.4) is 0 Å². The fourth-order valence-electron chi connectivity index (χ4n) is 2.48. The molecule has 1 aliphatic rings. The minimum atomic E-state index is -3.49. The Bertz CT molecular complexity index is 509. The molecule has 2 heterocycles. The monoisotopic (exact) mass is 273 g/mol. The molecule has 1 aromatic rings. The summed E-state index contributed by atoms with van der Waals surface area (Å²) in [4.78, 5) is 0.236. The van der Waals surface area contributed by atoms with Crippen LogP contribution in [0.25, 0.3) is 0 Å². The van der Waals surface area contributed by atoms with Crippen molar-refractivity contribution in [1.29, 1.82) is 0 Å². The van der Waals surface area contributed by atoms with Crippen LogP contribution in [-0.4, -0.2) is 46.7 Å². The summed E-state index contributed by atoms with van der Waals surface area (Å²) in [5.41, 5.74) is 0.553. The lowest BCUT2D eigenvalue weighted by molar-refractivity contribution is 0.158. The van der Waals surface area contributed by atoms with Crippen LogP contribution in [0.1, 0.15) is 31.9 Å². The van der Waals surface area contributed by atoms with Crippen LogP contribution < -0.4 is 0 Å². The van der Waals surface area contributed by atoms with E-state index in [0.717, 1.165) is 12.8 Å². The minimum absolute atomic E-state index is 0.107. The summed E-state index contributed by atoms with van der Waals surface area (Å²) in [6, 6.07) is -0.107. The molecule has 0 bridgehead atoms. The first kappa shape index (κ1) is 13.5. The second kappa shape index (κ2) is 4.99. The molecule has 0 radical (unpaired) electrons. The normalized spacial score (nSPS) is 23.4. The number of nitrogens with one attached hydrogen (secondary N) is 1. The number of nitrogens with zero attached hydrogens (tertiary/aromatic N) is 2. The number of aliphatic hydroxyl groups excluding tert-OH is 1. The minimum Gasteiger partial charge on any atom is -0.393 e. The molecule has 0 aromatic carbocycles. The number of hydrogen-bond donors (Lipinski definition) is 2. The third kappa shape index (κ3) is 2.43. The van der Waals surface area contributed by atoms with E-state index in [4.69, 9.17) is 0 Å². The van der Waals surface area contributed by atoms with Gasteiger partial charge in [-0.1, -0.05) is 0 Å². The van der Waals surface area contributed by atoms with Crippen molar-refractivity contribution >= 4 is 10.0 Å². The van der Waals surface area contributed by atoms with Crippen molar-refractivity contribution in [3.8, 4) is 0 Å². The fourth-order valence-corrected chi connectivity index (χ4v) is 4.31. The zero-order valence-electron chi connectivity index (χ0n) is 10.6. The van der Waals surface area contributed by atoms with Crippen LogP contribution in [0, 0.1) is 6.92 Å². The molecule has 18 heavy (non-hydrogen) atoms. The van der Waals surface area contributed by atoms with Gasteiger partial charge >= 0.3 is 0 Å². The Hall–Kier alpha value is -0.920. The molecular formula is C11H19N3O3S. The van der Waals surface area contributed by atoms with Gasteiger partial charge in [-0.3, -0.25) is 5.10 Å². The van der Waals surface area contributed by atoms with Gasteiger partial charge in [-0.25, -0.2) is 8.42 Å². The molecule has 1 fully saturated rings. The van der Waals surface area contributed by atoms with Crippen molar-refractivity contribution in [2.24, 2.45) is 0 Å². The van der Waals surface area contributed by atoms with Gasteiger partial charge in [0.05, 0.1) is 18.0 Å². The van der Waals surface area contributed by atoms with Gasteiger partial charge in [0.1, 0.15) is 4.90 Å². The predicted molar refractivity (Wildman–Crippen MR) is 66.5 cm³/mol. The molecule has 0 spiro atoms. The van der Waals surface area contributed by atoms with Gasteiger partial charge in [0.25, 0.3) is 0 Å². The van der Waals surface area contributed by atoms with E-state index >= 15 is 0 Å². The number of H-pyrrole nitrogens is 1. The lowest BCUT2D eigenvalue weighted by Crippen LogP contribution is -2.37. The van der Waals surface area contributed by atoms with Crippen LogP contribution in [0.2, 0.25) is 0 Å². The largest absolute Gasteiger partial charge is 0.393 e. The van der Waals surface area contributed by atoms with E-state index in [2.05, 4.69) is 10.2 Å². The number of rotatable bonds is 4. The first-order chi connectivity index (χ1) is 8.43. The number of aryl methyl sites for hydroxylation is 1. The maximum Gasteiger partial charge on any atom is 0.246 e. The highest BCUT2D eigenvalue weighted by atomic mass is 32.2. The third-order valence-corrected chi connectivity index (χ3v) is 5.37. The number of aliphatic hydroxyl groups is 1. The molecule has 1 saturated heterocycles. The van der Waals surface area contributed by atoms with E-state index in [9.17, 15) is 13.5 Å². The SMILES string of the molecule is Cc1[nH]ncc1S(=O)(=O)N1CCCC1CC(C)O. The molecule has 2 N–H and O–H groups in total. The van der Waals surface area contributed by atoms with Gasteiger partial charge in [-0.05, 0) is 33.1 Å². The Labute approximate surface area is 107 Å². The van der Waals surface area contributed by atoms with Crippen molar-refractivity contribution in [3.63, 3.8) is 0 Å². The van der Waals surface area contributed by atoms with E-state index in [0.29, 0.717) is 18.7 Å². The van der Waals surface area contributed by atoms with Crippen molar-refractivity contribution in [3.05, 3.63) is 11.9 Å². The molecule has 0 amide bonds. The number of sulfonamides is 1. The topological polar surface area (TPSA) is 86.3 Å². The second-order valence-corrected chi connectivity index (χ2v) is 6.71. The highest BCUT2D eigenvalue weighted by Gasteiger charge is 2.36. The average molecular weight is 273 g/mol. The van der Waals surface area contributed by atoms with E-state index < -0.39 is 16.1 Å². The van der Waals surface area contributed by atoms with Crippen LogP contribution in [-0.2, 0) is 10.0 Å². The number of hydrogen-bond acceptors (Lipinski definition) is 4. The molecule has 0 saturated carbocycles. The van der Waals surface area contributed by atoms with Gasteiger partial charge in [-0.2, -0.15) is 9.40 Å². The van der Waals surface area contributed by atoms with E-state index in [1.807, 2.05) is 0 Å². The summed E-state index contributed by atoms with van der Waals surface area (Å²) >= 11 is 0. The highest BCUT2D eigenvalue weighted by molar-refractivity contribution is 7.89. The molecule has 2 unspecified atom stereocenters. The molecular weight excluding hydrogens is 254 g/mol. The van der Waals surface area contributed by atoms with Gasteiger partial charge in [0.2, 0.25) is 10.0 Å². The Kier molecular flexibility index (Phi) is 3.74. The predicted octanol–water partition coefficient (Wildman–Crippen LogP) is 0.642. The van der Waals surface area contributed by atoms with Crippen LogP contribution >= 0.6 is 0 Å². The Morgan fingerprint density at radius 2 is 2.39 bits per heavy atom. The standard InChI is InChI=1S/C11H19N3O3S/c1-8(15)6-10-4-3-5-14(10)18(16,17)11-7-12-13-9(11)2/h7-8,10,15H,3-6H2,1-2H3,(H,12,13). The van der Waals surface area contributed by atoms with Crippen molar-refractivity contribution in [1.82, 2.24) is 14.5 Å². The quantitative estimate of drug-likeness (QED) is 0.843. The fraction of sp³-hybridized carbons (Fsp3) is 0.727. The Morgan fingerprint density at radius 3 is 2.94 bits per heavy atom. The van der Waals surface area contributed by atoms with Crippen molar-refractivity contribution in [2.75, 3.05) is 6.54 Å². The number of aromatic amines is 1. The second-order valence-electron chi connectivity index (χ2n) is 4.86. The van der Waals surface area contributed by atoms with Crippen LogP contribution in [0.4, 0.5) is 0 Å². The van der Waals surface area contributed by atoms with E-state index in [-0.39, 0.29) is 10.9 Å². The van der Waals surface area contributed by atoms with Gasteiger partial charge in [-0.15, -0.1) is 0 Å². The van der Waals surface area contributed by atoms with Crippen molar-refractivity contribution in [2.45, 2.75) is 50.2 Å². The number of aromatic nitrogens is 2. The summed E-state index contributed by atoms with van der Waals surface area (Å²) in [6.07, 6.45) is 2.99. The molecule has 1 aromatic heterocycles. The van der Waals surface area contributed by atoms with Crippen LogP contribution in [0.5, 0.6) is 0 Å². The lowest BCUT2D eigenvalue weighted by atomic mass is 10.1. The van der Waals surface area contributed by atoms with E-state index in [1.54, 1.807) is 13.8 Å². The summed E-state index contributed by atoms with van der Waals surface area (Å²) in [5.74, 6) is 0. The third-order valence-electron chi connectivity index (χ3n) is 3.31. The summed E-state index contributed by atoms with van der Waals surface area (Å²) < 4.78 is 26.5. The maximum absolute atomic E-state index is 12.5. The van der Waals surface area contributed by atoms with Crippen LogP contribution in [0.15, 0.2) is 11.1 Å². The maximum atomic E-state index is 12.5. The molecule has 6 nitrogen and oxygen atoms in total. The highest BCUT2D eigenvalue weighted by Crippen LogP contribution is 2.29. The molecule has 1 aliphatic heterocycles. The summed E-state index contributed by atoms with van der Waals surface area (Å²) in [6.45, 7) is 3.90. The lowest BCUT2D eigenvalue weighted by Gasteiger charge is -2.24. The molecule has 7 heteroatoms. The van der Waals surface area contributed by atoms with Crippen molar-refractivity contribution < 1.29 is 13.5 Å². The molecule has 2 rings (SSSR count). The van der Waals surface area contributed by atoms with Gasteiger partial charge < -0.3 is 5.11 Å².